The molecule has 0 radical (unpaired) electrons. The van der Waals surface area contributed by atoms with Crippen molar-refractivity contribution in [1.29, 1.82) is 0 Å². The van der Waals surface area contributed by atoms with Crippen LogP contribution in [0.15, 0.2) is 28.5 Å². The highest BCUT2D eigenvalue weighted by Crippen LogP contribution is 2.22. The van der Waals surface area contributed by atoms with Crippen LogP contribution < -0.4 is 9.62 Å². The summed E-state index contributed by atoms with van der Waals surface area (Å²) in [6.07, 6.45) is 0. The molecule has 0 aliphatic carbocycles. The zero-order valence-electron chi connectivity index (χ0n) is 12.9. The molecule has 124 valence electrons. The Morgan fingerprint density at radius 1 is 1.39 bits per heavy atom. The van der Waals surface area contributed by atoms with Crippen molar-refractivity contribution in [2.24, 2.45) is 0 Å². The van der Waals surface area contributed by atoms with Crippen LogP contribution in [0.1, 0.15) is 21.1 Å². The van der Waals surface area contributed by atoms with E-state index in [1.54, 1.807) is 12.1 Å². The van der Waals surface area contributed by atoms with Gasteiger partial charge in [-0.1, -0.05) is 6.07 Å². The van der Waals surface area contributed by atoms with E-state index in [4.69, 9.17) is 5.11 Å². The van der Waals surface area contributed by atoms with Crippen molar-refractivity contribution in [3.8, 4) is 0 Å². The summed E-state index contributed by atoms with van der Waals surface area (Å²) in [6, 6.07) is 4.88. The lowest BCUT2D eigenvalue weighted by Gasteiger charge is -2.17. The van der Waals surface area contributed by atoms with Crippen LogP contribution in [0.2, 0.25) is 0 Å². The van der Waals surface area contributed by atoms with Gasteiger partial charge in [0, 0.05) is 25.2 Å². The van der Waals surface area contributed by atoms with E-state index in [-0.39, 0.29) is 17.1 Å². The fourth-order valence-electron chi connectivity index (χ4n) is 1.97. The summed E-state index contributed by atoms with van der Waals surface area (Å²) in [4.78, 5) is 16.6. The minimum Gasteiger partial charge on any atom is -0.476 e. The fourth-order valence-corrected chi connectivity index (χ4v) is 3.78. The normalized spacial score (nSPS) is 11.4. The average molecular weight is 355 g/mol. The number of benzene rings is 1. The first-order valence-corrected chi connectivity index (χ1v) is 9.02. The van der Waals surface area contributed by atoms with Crippen LogP contribution in [-0.2, 0) is 16.6 Å². The number of aryl methyl sites for hydroxylation is 1. The average Bonchev–Trinajstić information content (AvgIpc) is 2.94. The smallest absolute Gasteiger partial charge is 0.355 e. The van der Waals surface area contributed by atoms with Crippen LogP contribution in [0.3, 0.4) is 0 Å². The van der Waals surface area contributed by atoms with Gasteiger partial charge in [0.25, 0.3) is 0 Å². The standard InChI is InChI=1S/C14H17N3O4S2/c1-9-4-5-10(6-12(9)17(2)3)23(20,21)15-7-13-16-11(8-22-13)14(18)19/h4-6,8,15H,7H2,1-3H3,(H,18,19). The highest BCUT2D eigenvalue weighted by atomic mass is 32.2. The molecule has 1 heterocycles. The number of sulfonamides is 1. The molecule has 0 spiro atoms. The molecule has 0 unspecified atom stereocenters. The predicted octanol–water partition coefficient (Wildman–Crippen LogP) is 1.69. The van der Waals surface area contributed by atoms with Crippen LogP contribution in [0.4, 0.5) is 5.69 Å². The van der Waals surface area contributed by atoms with Crippen molar-refractivity contribution >= 4 is 33.0 Å². The molecule has 2 rings (SSSR count). The Morgan fingerprint density at radius 3 is 2.65 bits per heavy atom. The molecule has 1 aromatic heterocycles. The topological polar surface area (TPSA) is 99.6 Å². The van der Waals surface area contributed by atoms with E-state index in [1.165, 1.54) is 11.4 Å². The second kappa shape index (κ2) is 6.65. The largest absolute Gasteiger partial charge is 0.476 e. The number of nitrogens with one attached hydrogen (secondary N) is 1. The van der Waals surface area contributed by atoms with Crippen molar-refractivity contribution in [3.05, 3.63) is 39.8 Å². The monoisotopic (exact) mass is 355 g/mol. The summed E-state index contributed by atoms with van der Waals surface area (Å²) in [6.45, 7) is 1.85. The van der Waals surface area contributed by atoms with Crippen molar-refractivity contribution in [1.82, 2.24) is 9.71 Å². The minimum absolute atomic E-state index is 0.0501. The number of hydrogen-bond acceptors (Lipinski definition) is 6. The number of hydrogen-bond donors (Lipinski definition) is 2. The first kappa shape index (κ1) is 17.4. The quantitative estimate of drug-likeness (QED) is 0.818. The lowest BCUT2D eigenvalue weighted by Crippen LogP contribution is -2.23. The number of carboxylic acids is 1. The number of aromatic nitrogens is 1. The molecule has 1 aromatic carbocycles. The lowest BCUT2D eigenvalue weighted by atomic mass is 10.2. The van der Waals surface area contributed by atoms with Gasteiger partial charge in [-0.2, -0.15) is 0 Å². The molecule has 2 N–H and O–H groups in total. The molecular weight excluding hydrogens is 338 g/mol. The third-order valence-corrected chi connectivity index (χ3v) is 5.40. The van der Waals surface area contributed by atoms with Crippen LogP contribution in [0.5, 0.6) is 0 Å². The second-order valence-corrected chi connectivity index (χ2v) is 7.81. The summed E-state index contributed by atoms with van der Waals surface area (Å²) in [5.74, 6) is -1.13. The number of carboxylic acid groups (broad SMARTS) is 1. The van der Waals surface area contributed by atoms with Crippen molar-refractivity contribution in [2.75, 3.05) is 19.0 Å². The Balaban J connectivity index is 2.18. The predicted molar refractivity (Wildman–Crippen MR) is 88.6 cm³/mol. The summed E-state index contributed by atoms with van der Waals surface area (Å²) >= 11 is 1.10. The lowest BCUT2D eigenvalue weighted by molar-refractivity contribution is 0.0691. The SMILES string of the molecule is Cc1ccc(S(=O)(=O)NCc2nc(C(=O)O)cs2)cc1N(C)C. The first-order valence-electron chi connectivity index (χ1n) is 6.66. The second-order valence-electron chi connectivity index (χ2n) is 5.10. The fraction of sp³-hybridized carbons (Fsp3) is 0.286. The molecule has 0 amide bonds. The van der Waals surface area contributed by atoms with Gasteiger partial charge < -0.3 is 10.0 Å². The maximum absolute atomic E-state index is 12.4. The van der Waals surface area contributed by atoms with Gasteiger partial charge in [0.1, 0.15) is 5.01 Å². The molecule has 0 aliphatic heterocycles. The van der Waals surface area contributed by atoms with Gasteiger partial charge in [0.2, 0.25) is 10.0 Å². The van der Waals surface area contributed by atoms with E-state index in [1.807, 2.05) is 25.9 Å². The van der Waals surface area contributed by atoms with Crippen molar-refractivity contribution in [2.45, 2.75) is 18.4 Å². The Morgan fingerprint density at radius 2 is 2.09 bits per heavy atom. The minimum atomic E-state index is -3.70. The number of anilines is 1. The number of carbonyl (C=O) groups is 1. The summed E-state index contributed by atoms with van der Waals surface area (Å²) < 4.78 is 27.2. The third kappa shape index (κ3) is 4.06. The maximum Gasteiger partial charge on any atom is 0.355 e. The van der Waals surface area contributed by atoms with E-state index in [2.05, 4.69) is 9.71 Å². The van der Waals surface area contributed by atoms with E-state index >= 15 is 0 Å². The van der Waals surface area contributed by atoms with Gasteiger partial charge in [-0.25, -0.2) is 22.9 Å². The zero-order chi connectivity index (χ0) is 17.2. The zero-order valence-corrected chi connectivity index (χ0v) is 14.5. The molecule has 9 heteroatoms. The molecule has 23 heavy (non-hydrogen) atoms. The van der Waals surface area contributed by atoms with E-state index < -0.39 is 16.0 Å². The van der Waals surface area contributed by atoms with Crippen LogP contribution in [0, 0.1) is 6.92 Å². The van der Waals surface area contributed by atoms with Gasteiger partial charge in [-0.15, -0.1) is 11.3 Å². The summed E-state index contributed by atoms with van der Waals surface area (Å²) in [5.41, 5.74) is 1.70. The molecular formula is C14H17N3O4S2. The molecule has 0 saturated heterocycles. The van der Waals surface area contributed by atoms with Crippen molar-refractivity contribution < 1.29 is 18.3 Å². The molecule has 0 fully saturated rings. The molecule has 2 aromatic rings. The van der Waals surface area contributed by atoms with Gasteiger partial charge in [0.15, 0.2) is 5.69 Å². The van der Waals surface area contributed by atoms with E-state index in [9.17, 15) is 13.2 Å². The molecule has 0 saturated carbocycles. The first-order chi connectivity index (χ1) is 10.7. The molecule has 0 aliphatic rings. The molecule has 0 bridgehead atoms. The van der Waals surface area contributed by atoms with Gasteiger partial charge in [-0.05, 0) is 24.6 Å². The summed E-state index contributed by atoms with van der Waals surface area (Å²) in [5, 5.41) is 10.6. The molecule has 7 nitrogen and oxygen atoms in total. The highest BCUT2D eigenvalue weighted by molar-refractivity contribution is 7.89. The Bertz CT molecular complexity index is 828. The Labute approximate surface area is 138 Å². The van der Waals surface area contributed by atoms with E-state index in [0.29, 0.717) is 5.01 Å². The van der Waals surface area contributed by atoms with Crippen molar-refractivity contribution in [3.63, 3.8) is 0 Å². The Hall–Kier alpha value is -1.97. The van der Waals surface area contributed by atoms with Crippen LogP contribution in [0.25, 0.3) is 0 Å². The number of aromatic carboxylic acids is 1. The number of thiazole rings is 1. The molecule has 0 atom stereocenters. The van der Waals surface area contributed by atoms with Gasteiger partial charge >= 0.3 is 5.97 Å². The van der Waals surface area contributed by atoms with Gasteiger partial charge in [-0.3, -0.25) is 0 Å². The maximum atomic E-state index is 12.4. The third-order valence-electron chi connectivity index (χ3n) is 3.16. The summed E-state index contributed by atoms with van der Waals surface area (Å²) in [7, 11) is -0.0148. The van der Waals surface area contributed by atoms with Crippen LogP contribution in [-0.4, -0.2) is 38.6 Å². The number of nitrogens with zero attached hydrogens (tertiary/aromatic N) is 2. The highest BCUT2D eigenvalue weighted by Gasteiger charge is 2.17. The van der Waals surface area contributed by atoms with E-state index in [0.717, 1.165) is 22.6 Å². The Kier molecular flexibility index (Phi) is 5.03. The number of rotatable bonds is 6. The van der Waals surface area contributed by atoms with Gasteiger partial charge in [0.05, 0.1) is 11.4 Å². The van der Waals surface area contributed by atoms with Crippen LogP contribution >= 0.6 is 11.3 Å².